The molecule has 0 bridgehead atoms. The predicted octanol–water partition coefficient (Wildman–Crippen LogP) is 2.34. The lowest BCUT2D eigenvalue weighted by molar-refractivity contribution is -0.132. The summed E-state index contributed by atoms with van der Waals surface area (Å²) in [5.74, 6) is 0.228. The Morgan fingerprint density at radius 3 is 2.84 bits per heavy atom. The molecule has 0 fully saturated rings. The van der Waals surface area contributed by atoms with Crippen LogP contribution in [0.25, 0.3) is 0 Å². The van der Waals surface area contributed by atoms with Gasteiger partial charge in [0, 0.05) is 31.9 Å². The molecule has 0 aliphatic heterocycles. The number of hydrogen-bond donors (Lipinski definition) is 1. The van der Waals surface area contributed by atoms with Crippen molar-refractivity contribution >= 4 is 5.91 Å². The fourth-order valence-corrected chi connectivity index (χ4v) is 1.97. The zero-order valence-electron chi connectivity index (χ0n) is 11.8. The van der Waals surface area contributed by atoms with E-state index >= 15 is 0 Å². The largest absolute Gasteiger partial charge is 0.338 e. The Hall–Kier alpha value is -1.42. The first-order chi connectivity index (χ1) is 9.27. The minimum Gasteiger partial charge on any atom is -0.338 e. The molecule has 0 saturated heterocycles. The molecule has 4 nitrogen and oxygen atoms in total. The third kappa shape index (κ3) is 6.34. The monoisotopic (exact) mass is 263 g/mol. The summed E-state index contributed by atoms with van der Waals surface area (Å²) in [5.41, 5.74) is 6.61. The van der Waals surface area contributed by atoms with Crippen molar-refractivity contribution in [3.63, 3.8) is 0 Å². The molecule has 4 heteroatoms. The number of carbonyl (C=O) groups is 1. The van der Waals surface area contributed by atoms with E-state index in [2.05, 4.69) is 11.9 Å². The van der Waals surface area contributed by atoms with Gasteiger partial charge in [-0.1, -0.05) is 25.8 Å². The summed E-state index contributed by atoms with van der Waals surface area (Å²) in [6.45, 7) is 4.13. The van der Waals surface area contributed by atoms with Crippen LogP contribution in [0.4, 0.5) is 0 Å². The number of amides is 1. The number of hydrogen-bond acceptors (Lipinski definition) is 3. The van der Waals surface area contributed by atoms with E-state index in [1.807, 2.05) is 23.2 Å². The molecule has 0 radical (unpaired) electrons. The van der Waals surface area contributed by atoms with Crippen LogP contribution in [-0.4, -0.2) is 28.9 Å². The van der Waals surface area contributed by atoms with Crippen LogP contribution in [-0.2, 0) is 11.3 Å². The topological polar surface area (TPSA) is 59.2 Å². The minimum atomic E-state index is 0.228. The third-order valence-electron chi connectivity index (χ3n) is 3.08. The first-order valence-electron chi connectivity index (χ1n) is 7.14. The second-order valence-corrected chi connectivity index (χ2v) is 4.78. The lowest BCUT2D eigenvalue weighted by Gasteiger charge is -2.22. The highest BCUT2D eigenvalue weighted by molar-refractivity contribution is 5.76. The lowest BCUT2D eigenvalue weighted by Crippen LogP contribution is -2.32. The maximum absolute atomic E-state index is 12.2. The Morgan fingerprint density at radius 1 is 1.37 bits per heavy atom. The standard InChI is InChI=1S/C15H25N3O/c1-2-3-4-8-15(19)18(11-6-9-16)13-14-7-5-10-17-12-14/h5,7,10,12H,2-4,6,8-9,11,13,16H2,1H3. The highest BCUT2D eigenvalue weighted by Crippen LogP contribution is 2.08. The summed E-state index contributed by atoms with van der Waals surface area (Å²) in [6, 6.07) is 3.90. The molecule has 1 aromatic rings. The van der Waals surface area contributed by atoms with Gasteiger partial charge in [-0.3, -0.25) is 9.78 Å². The molecule has 0 aliphatic carbocycles. The molecule has 0 spiro atoms. The molecule has 0 aliphatic rings. The van der Waals surface area contributed by atoms with Gasteiger partial charge in [0.1, 0.15) is 0 Å². The quantitative estimate of drug-likeness (QED) is 0.696. The lowest BCUT2D eigenvalue weighted by atomic mass is 10.1. The summed E-state index contributed by atoms with van der Waals surface area (Å²) >= 11 is 0. The molecular formula is C15H25N3O. The summed E-state index contributed by atoms with van der Waals surface area (Å²) in [5, 5.41) is 0. The summed E-state index contributed by atoms with van der Waals surface area (Å²) in [4.78, 5) is 18.2. The van der Waals surface area contributed by atoms with E-state index in [1.54, 1.807) is 6.20 Å². The van der Waals surface area contributed by atoms with E-state index < -0.39 is 0 Å². The first-order valence-corrected chi connectivity index (χ1v) is 7.14. The number of nitrogens with zero attached hydrogens (tertiary/aromatic N) is 2. The molecule has 0 atom stereocenters. The fourth-order valence-electron chi connectivity index (χ4n) is 1.97. The van der Waals surface area contributed by atoms with E-state index in [0.717, 1.165) is 37.8 Å². The van der Waals surface area contributed by atoms with Crippen LogP contribution >= 0.6 is 0 Å². The Bertz CT molecular complexity index is 354. The van der Waals surface area contributed by atoms with Crippen molar-refractivity contribution in [2.45, 2.75) is 45.6 Å². The number of aromatic nitrogens is 1. The average molecular weight is 263 g/mol. The van der Waals surface area contributed by atoms with E-state index in [0.29, 0.717) is 19.5 Å². The van der Waals surface area contributed by atoms with Crippen LogP contribution in [0.15, 0.2) is 24.5 Å². The van der Waals surface area contributed by atoms with Gasteiger partial charge in [0.25, 0.3) is 0 Å². The van der Waals surface area contributed by atoms with Gasteiger partial charge in [-0.05, 0) is 31.0 Å². The van der Waals surface area contributed by atoms with Crippen molar-refractivity contribution in [2.24, 2.45) is 5.73 Å². The Morgan fingerprint density at radius 2 is 2.21 bits per heavy atom. The van der Waals surface area contributed by atoms with Crippen molar-refractivity contribution in [1.29, 1.82) is 0 Å². The van der Waals surface area contributed by atoms with Gasteiger partial charge in [-0.15, -0.1) is 0 Å². The van der Waals surface area contributed by atoms with E-state index in [4.69, 9.17) is 5.73 Å². The fraction of sp³-hybridized carbons (Fsp3) is 0.600. The minimum absolute atomic E-state index is 0.228. The zero-order valence-corrected chi connectivity index (χ0v) is 11.8. The zero-order chi connectivity index (χ0) is 13.9. The van der Waals surface area contributed by atoms with Crippen LogP contribution < -0.4 is 5.73 Å². The maximum Gasteiger partial charge on any atom is 0.222 e. The predicted molar refractivity (Wildman–Crippen MR) is 77.5 cm³/mol. The van der Waals surface area contributed by atoms with Gasteiger partial charge in [0.05, 0.1) is 0 Å². The molecule has 106 valence electrons. The summed E-state index contributed by atoms with van der Waals surface area (Å²) in [6.07, 6.45) is 8.27. The van der Waals surface area contributed by atoms with Crippen LogP contribution in [0.3, 0.4) is 0 Å². The summed E-state index contributed by atoms with van der Waals surface area (Å²) in [7, 11) is 0. The normalized spacial score (nSPS) is 10.4. The molecule has 1 aromatic heterocycles. The van der Waals surface area contributed by atoms with Gasteiger partial charge in [0.2, 0.25) is 5.91 Å². The van der Waals surface area contributed by atoms with E-state index in [1.165, 1.54) is 0 Å². The van der Waals surface area contributed by atoms with Crippen LogP contribution in [0, 0.1) is 0 Å². The Labute approximate surface area is 116 Å². The van der Waals surface area contributed by atoms with Gasteiger partial charge in [-0.2, -0.15) is 0 Å². The van der Waals surface area contributed by atoms with Gasteiger partial charge >= 0.3 is 0 Å². The molecule has 1 heterocycles. The molecular weight excluding hydrogens is 238 g/mol. The SMILES string of the molecule is CCCCCC(=O)N(CCCN)Cc1cccnc1. The van der Waals surface area contributed by atoms with Crippen molar-refractivity contribution in [2.75, 3.05) is 13.1 Å². The van der Waals surface area contributed by atoms with Gasteiger partial charge in [0.15, 0.2) is 0 Å². The van der Waals surface area contributed by atoms with Crippen molar-refractivity contribution < 1.29 is 4.79 Å². The third-order valence-corrected chi connectivity index (χ3v) is 3.08. The Kier molecular flexibility index (Phi) is 7.82. The maximum atomic E-state index is 12.2. The van der Waals surface area contributed by atoms with Crippen LogP contribution in [0.1, 0.15) is 44.6 Å². The van der Waals surface area contributed by atoms with Gasteiger partial charge in [-0.25, -0.2) is 0 Å². The average Bonchev–Trinajstić information content (AvgIpc) is 2.44. The van der Waals surface area contributed by atoms with E-state index in [9.17, 15) is 4.79 Å². The number of unbranched alkanes of at least 4 members (excludes halogenated alkanes) is 2. The number of nitrogens with two attached hydrogens (primary N) is 1. The second kappa shape index (κ2) is 9.50. The molecule has 0 saturated carbocycles. The molecule has 1 rings (SSSR count). The second-order valence-electron chi connectivity index (χ2n) is 4.78. The Balaban J connectivity index is 2.53. The molecule has 0 unspecified atom stereocenters. The molecule has 1 amide bonds. The molecule has 2 N–H and O–H groups in total. The van der Waals surface area contributed by atoms with Gasteiger partial charge < -0.3 is 10.6 Å². The summed E-state index contributed by atoms with van der Waals surface area (Å²) < 4.78 is 0. The number of carbonyl (C=O) groups excluding carboxylic acids is 1. The number of pyridine rings is 1. The molecule has 0 aromatic carbocycles. The van der Waals surface area contributed by atoms with E-state index in [-0.39, 0.29) is 5.91 Å². The molecule has 19 heavy (non-hydrogen) atoms. The van der Waals surface area contributed by atoms with Crippen molar-refractivity contribution in [3.8, 4) is 0 Å². The highest BCUT2D eigenvalue weighted by Gasteiger charge is 2.13. The smallest absolute Gasteiger partial charge is 0.222 e. The first kappa shape index (κ1) is 15.6. The van der Waals surface area contributed by atoms with Crippen molar-refractivity contribution in [3.05, 3.63) is 30.1 Å². The number of rotatable bonds is 9. The van der Waals surface area contributed by atoms with Crippen molar-refractivity contribution in [1.82, 2.24) is 9.88 Å². The van der Waals surface area contributed by atoms with Crippen LogP contribution in [0.5, 0.6) is 0 Å². The van der Waals surface area contributed by atoms with Crippen LogP contribution in [0.2, 0.25) is 0 Å². The highest BCUT2D eigenvalue weighted by atomic mass is 16.2.